The van der Waals surface area contributed by atoms with Crippen LogP contribution in [0.3, 0.4) is 0 Å². The second-order valence-corrected chi connectivity index (χ2v) is 7.36. The van der Waals surface area contributed by atoms with Gasteiger partial charge in [-0.3, -0.25) is 4.90 Å². The van der Waals surface area contributed by atoms with Gasteiger partial charge < -0.3 is 20.1 Å². The lowest BCUT2D eigenvalue weighted by Gasteiger charge is -2.19. The van der Waals surface area contributed by atoms with Gasteiger partial charge >= 0.3 is 0 Å². The minimum atomic E-state index is 0.685. The van der Waals surface area contributed by atoms with Crippen LogP contribution in [0.2, 0.25) is 0 Å². The Kier molecular flexibility index (Phi) is 6.35. The number of anilines is 3. The molecule has 156 valence electrons. The van der Waals surface area contributed by atoms with Crippen molar-refractivity contribution in [1.82, 2.24) is 9.88 Å². The summed E-state index contributed by atoms with van der Waals surface area (Å²) in [7, 11) is 3.27. The van der Waals surface area contributed by atoms with Crippen molar-refractivity contribution < 1.29 is 9.47 Å². The molecule has 2 heterocycles. The van der Waals surface area contributed by atoms with Crippen molar-refractivity contribution in [3.63, 3.8) is 0 Å². The molecule has 30 heavy (non-hydrogen) atoms. The Hall–Kier alpha value is -3.25. The third-order valence-corrected chi connectivity index (χ3v) is 5.34. The number of aromatic nitrogens is 1. The standard InChI is InChI=1S/C24H28N4O2/c1-29-22-9-8-20(14-23(22)30-2)27-24-15-21-19(16-26-24)17-28(13-11-25-21)12-10-18-6-4-3-5-7-18/h3-9,14-16,25H,10-13,17H2,1-2H3,(H,26,27). The summed E-state index contributed by atoms with van der Waals surface area (Å²) in [5.74, 6) is 2.19. The minimum absolute atomic E-state index is 0.685. The summed E-state index contributed by atoms with van der Waals surface area (Å²) >= 11 is 0. The Labute approximate surface area is 177 Å². The van der Waals surface area contributed by atoms with E-state index in [9.17, 15) is 0 Å². The van der Waals surface area contributed by atoms with Crippen molar-refractivity contribution in [2.24, 2.45) is 0 Å². The van der Waals surface area contributed by atoms with Crippen LogP contribution in [-0.2, 0) is 13.0 Å². The number of rotatable bonds is 7. The number of nitrogens with zero attached hydrogens (tertiary/aromatic N) is 2. The Morgan fingerprint density at radius 2 is 1.87 bits per heavy atom. The van der Waals surface area contributed by atoms with Crippen LogP contribution < -0.4 is 20.1 Å². The van der Waals surface area contributed by atoms with Gasteiger partial charge in [-0.05, 0) is 24.1 Å². The van der Waals surface area contributed by atoms with E-state index >= 15 is 0 Å². The van der Waals surface area contributed by atoms with Gasteiger partial charge in [0.1, 0.15) is 5.82 Å². The van der Waals surface area contributed by atoms with Crippen LogP contribution in [0.5, 0.6) is 11.5 Å². The van der Waals surface area contributed by atoms with Crippen LogP contribution in [0.25, 0.3) is 0 Å². The number of fused-ring (bicyclic) bond motifs is 1. The average molecular weight is 405 g/mol. The molecule has 2 N–H and O–H groups in total. The first-order chi connectivity index (χ1) is 14.7. The zero-order valence-corrected chi connectivity index (χ0v) is 17.5. The monoisotopic (exact) mass is 404 g/mol. The summed E-state index contributed by atoms with van der Waals surface area (Å²) in [5.41, 5.74) is 4.63. The number of hydrogen-bond acceptors (Lipinski definition) is 6. The van der Waals surface area contributed by atoms with E-state index in [1.807, 2.05) is 24.4 Å². The van der Waals surface area contributed by atoms with Crippen molar-refractivity contribution in [3.05, 3.63) is 71.9 Å². The van der Waals surface area contributed by atoms with Gasteiger partial charge in [-0.2, -0.15) is 0 Å². The predicted molar refractivity (Wildman–Crippen MR) is 121 cm³/mol. The highest BCUT2D eigenvalue weighted by Crippen LogP contribution is 2.31. The Morgan fingerprint density at radius 1 is 1.03 bits per heavy atom. The van der Waals surface area contributed by atoms with E-state index in [1.165, 1.54) is 11.1 Å². The van der Waals surface area contributed by atoms with Gasteiger partial charge in [-0.25, -0.2) is 4.98 Å². The van der Waals surface area contributed by atoms with E-state index in [4.69, 9.17) is 9.47 Å². The molecule has 1 aromatic heterocycles. The van der Waals surface area contributed by atoms with Gasteiger partial charge in [-0.15, -0.1) is 0 Å². The van der Waals surface area contributed by atoms with E-state index < -0.39 is 0 Å². The highest BCUT2D eigenvalue weighted by Gasteiger charge is 2.15. The zero-order chi connectivity index (χ0) is 20.8. The zero-order valence-electron chi connectivity index (χ0n) is 17.5. The number of nitrogens with one attached hydrogen (secondary N) is 2. The van der Waals surface area contributed by atoms with Crippen LogP contribution in [0.4, 0.5) is 17.2 Å². The second kappa shape index (κ2) is 9.50. The molecule has 0 radical (unpaired) electrons. The van der Waals surface area contributed by atoms with E-state index in [0.717, 1.165) is 49.8 Å². The molecule has 1 aliphatic rings. The lowest BCUT2D eigenvalue weighted by molar-refractivity contribution is 0.284. The maximum Gasteiger partial charge on any atom is 0.162 e. The van der Waals surface area contributed by atoms with Gasteiger partial charge in [0.15, 0.2) is 11.5 Å². The van der Waals surface area contributed by atoms with E-state index in [1.54, 1.807) is 14.2 Å². The summed E-state index contributed by atoms with van der Waals surface area (Å²) in [4.78, 5) is 7.11. The SMILES string of the molecule is COc1ccc(Nc2cc3c(cn2)CN(CCc2ccccc2)CCN3)cc1OC. The largest absolute Gasteiger partial charge is 0.493 e. The van der Waals surface area contributed by atoms with Crippen LogP contribution in [0.15, 0.2) is 60.8 Å². The third-order valence-electron chi connectivity index (χ3n) is 5.34. The van der Waals surface area contributed by atoms with Gasteiger partial charge in [0.05, 0.1) is 14.2 Å². The number of hydrogen-bond donors (Lipinski definition) is 2. The molecular weight excluding hydrogens is 376 g/mol. The fourth-order valence-corrected chi connectivity index (χ4v) is 3.70. The molecule has 0 amide bonds. The van der Waals surface area contributed by atoms with Crippen molar-refractivity contribution in [2.45, 2.75) is 13.0 Å². The molecule has 4 rings (SSSR count). The third kappa shape index (κ3) is 4.83. The molecule has 6 nitrogen and oxygen atoms in total. The smallest absolute Gasteiger partial charge is 0.162 e. The van der Waals surface area contributed by atoms with Crippen molar-refractivity contribution in [2.75, 3.05) is 44.5 Å². The molecule has 0 saturated heterocycles. The molecule has 0 unspecified atom stereocenters. The molecule has 3 aromatic rings. The van der Waals surface area contributed by atoms with Crippen LogP contribution >= 0.6 is 0 Å². The summed E-state index contributed by atoms with van der Waals surface area (Å²) in [6.07, 6.45) is 3.02. The first-order valence-corrected chi connectivity index (χ1v) is 10.2. The first-order valence-electron chi connectivity index (χ1n) is 10.2. The summed E-state index contributed by atoms with van der Waals surface area (Å²) in [6, 6.07) is 18.5. The molecule has 0 fully saturated rings. The molecule has 2 aromatic carbocycles. The van der Waals surface area contributed by atoms with Crippen molar-refractivity contribution >= 4 is 17.2 Å². The van der Waals surface area contributed by atoms with E-state index in [2.05, 4.69) is 56.9 Å². The molecule has 0 saturated carbocycles. The van der Waals surface area contributed by atoms with Crippen molar-refractivity contribution in [3.8, 4) is 11.5 Å². The maximum absolute atomic E-state index is 5.39. The number of methoxy groups -OCH3 is 2. The highest BCUT2D eigenvalue weighted by molar-refractivity contribution is 5.65. The Balaban J connectivity index is 1.43. The van der Waals surface area contributed by atoms with Gasteiger partial charge in [0.25, 0.3) is 0 Å². The van der Waals surface area contributed by atoms with Crippen LogP contribution in [-0.4, -0.2) is 43.7 Å². The highest BCUT2D eigenvalue weighted by atomic mass is 16.5. The molecule has 1 aliphatic heterocycles. The minimum Gasteiger partial charge on any atom is -0.493 e. The fourth-order valence-electron chi connectivity index (χ4n) is 3.70. The quantitative estimate of drug-likeness (QED) is 0.612. The Morgan fingerprint density at radius 3 is 2.67 bits per heavy atom. The molecule has 0 atom stereocenters. The van der Waals surface area contributed by atoms with Crippen molar-refractivity contribution in [1.29, 1.82) is 0 Å². The van der Waals surface area contributed by atoms with Crippen LogP contribution in [0, 0.1) is 0 Å². The Bertz CT molecular complexity index is 978. The average Bonchev–Trinajstić information content (AvgIpc) is 3.00. The number of benzene rings is 2. The summed E-state index contributed by atoms with van der Waals surface area (Å²) in [6.45, 7) is 3.87. The normalized spacial score (nSPS) is 13.7. The fraction of sp³-hybridized carbons (Fsp3) is 0.292. The number of pyridine rings is 1. The predicted octanol–water partition coefficient (Wildman–Crippen LogP) is 4.31. The first kappa shape index (κ1) is 20.0. The van der Waals surface area contributed by atoms with E-state index in [-0.39, 0.29) is 0 Å². The molecular formula is C24H28N4O2. The number of ether oxygens (including phenoxy) is 2. The lowest BCUT2D eigenvalue weighted by atomic mass is 10.1. The topological polar surface area (TPSA) is 58.7 Å². The molecule has 0 spiro atoms. The lowest BCUT2D eigenvalue weighted by Crippen LogP contribution is -2.28. The molecule has 0 bridgehead atoms. The van der Waals surface area contributed by atoms with Crippen LogP contribution in [0.1, 0.15) is 11.1 Å². The van der Waals surface area contributed by atoms with E-state index in [0.29, 0.717) is 11.5 Å². The van der Waals surface area contributed by atoms with Gasteiger partial charge in [0, 0.05) is 61.4 Å². The summed E-state index contributed by atoms with van der Waals surface area (Å²) < 4.78 is 10.7. The van der Waals surface area contributed by atoms with Gasteiger partial charge in [-0.1, -0.05) is 30.3 Å². The molecule has 6 heteroatoms. The molecule has 0 aliphatic carbocycles. The second-order valence-electron chi connectivity index (χ2n) is 7.36. The summed E-state index contributed by atoms with van der Waals surface area (Å²) in [5, 5.41) is 6.91. The maximum atomic E-state index is 5.39. The van der Waals surface area contributed by atoms with Gasteiger partial charge in [0.2, 0.25) is 0 Å².